The van der Waals surface area contributed by atoms with E-state index in [1.165, 1.54) is 0 Å². The van der Waals surface area contributed by atoms with E-state index >= 15 is 0 Å². The minimum absolute atomic E-state index is 0.173. The van der Waals surface area contributed by atoms with Gasteiger partial charge in [0.2, 0.25) is 5.91 Å². The summed E-state index contributed by atoms with van der Waals surface area (Å²) in [5, 5.41) is 0. The van der Waals surface area contributed by atoms with E-state index < -0.39 is 0 Å². The predicted molar refractivity (Wildman–Crippen MR) is 72.3 cm³/mol. The molecule has 0 unspecified atom stereocenters. The van der Waals surface area contributed by atoms with Crippen LogP contribution in [0.4, 0.5) is 0 Å². The molecule has 0 saturated heterocycles. The molecule has 0 aliphatic heterocycles. The lowest BCUT2D eigenvalue weighted by Gasteiger charge is -2.23. The lowest BCUT2D eigenvalue weighted by Crippen LogP contribution is -2.35. The van der Waals surface area contributed by atoms with Crippen molar-refractivity contribution < 1.29 is 4.79 Å². The van der Waals surface area contributed by atoms with Gasteiger partial charge in [0.25, 0.3) is 0 Å². The van der Waals surface area contributed by atoms with Crippen LogP contribution in [0.15, 0.2) is 0 Å². The number of carbonyl (C=O) groups is 1. The van der Waals surface area contributed by atoms with Gasteiger partial charge in [-0.2, -0.15) is 0 Å². The second kappa shape index (κ2) is 8.50. The number of nitrogens with zero attached hydrogens (tertiary/aromatic N) is 1. The van der Waals surface area contributed by atoms with E-state index in [1.54, 1.807) is 4.90 Å². The molecule has 0 saturated carbocycles. The summed E-state index contributed by atoms with van der Waals surface area (Å²) < 4.78 is 0. The normalized spacial score (nSPS) is 10.5. The van der Waals surface area contributed by atoms with Crippen LogP contribution in [0.1, 0.15) is 46.0 Å². The third kappa shape index (κ3) is 6.05. The molecular weight excluding hydrogens is 220 g/mol. The third-order valence-electron chi connectivity index (χ3n) is 2.69. The SMILES string of the molecule is CCCC(CCC)C(=O)N(C)CCC(N)=S. The fourth-order valence-electron chi connectivity index (χ4n) is 1.79. The summed E-state index contributed by atoms with van der Waals surface area (Å²) >= 11 is 4.81. The van der Waals surface area contributed by atoms with Crippen LogP contribution < -0.4 is 5.73 Å². The Labute approximate surface area is 104 Å². The number of rotatable bonds is 8. The van der Waals surface area contributed by atoms with Gasteiger partial charge in [-0.15, -0.1) is 0 Å². The van der Waals surface area contributed by atoms with Crippen molar-refractivity contribution in [1.29, 1.82) is 0 Å². The van der Waals surface area contributed by atoms with Gasteiger partial charge in [0.05, 0.1) is 4.99 Å². The summed E-state index contributed by atoms with van der Waals surface area (Å²) in [6.45, 7) is 4.87. The summed E-state index contributed by atoms with van der Waals surface area (Å²) in [5.41, 5.74) is 5.43. The quantitative estimate of drug-likeness (QED) is 0.667. The van der Waals surface area contributed by atoms with Crippen molar-refractivity contribution in [2.45, 2.75) is 46.0 Å². The first-order chi connectivity index (χ1) is 7.52. The van der Waals surface area contributed by atoms with Crippen molar-refractivity contribution in [2.24, 2.45) is 11.7 Å². The van der Waals surface area contributed by atoms with E-state index in [4.69, 9.17) is 18.0 Å². The van der Waals surface area contributed by atoms with Crippen LogP contribution in [-0.2, 0) is 4.79 Å². The third-order valence-corrected chi connectivity index (χ3v) is 2.90. The molecule has 0 aliphatic carbocycles. The summed E-state index contributed by atoms with van der Waals surface area (Å²) in [4.78, 5) is 14.3. The summed E-state index contributed by atoms with van der Waals surface area (Å²) in [6.07, 6.45) is 4.68. The fraction of sp³-hybridized carbons (Fsp3) is 0.833. The number of nitrogens with two attached hydrogens (primary N) is 1. The molecular formula is C12H24N2OS. The zero-order chi connectivity index (χ0) is 12.6. The van der Waals surface area contributed by atoms with Crippen LogP contribution in [0.5, 0.6) is 0 Å². The molecule has 0 bridgehead atoms. The van der Waals surface area contributed by atoms with Crippen molar-refractivity contribution in [1.82, 2.24) is 4.90 Å². The number of hydrogen-bond acceptors (Lipinski definition) is 2. The molecule has 0 fully saturated rings. The van der Waals surface area contributed by atoms with E-state index in [0.29, 0.717) is 18.0 Å². The van der Waals surface area contributed by atoms with Crippen LogP contribution in [-0.4, -0.2) is 29.4 Å². The Morgan fingerprint density at radius 3 is 2.19 bits per heavy atom. The zero-order valence-corrected chi connectivity index (χ0v) is 11.5. The maximum absolute atomic E-state index is 12.1. The molecule has 2 N–H and O–H groups in total. The van der Waals surface area contributed by atoms with Crippen LogP contribution in [0, 0.1) is 5.92 Å². The highest BCUT2D eigenvalue weighted by Crippen LogP contribution is 2.16. The Balaban J connectivity index is 4.18. The number of carbonyl (C=O) groups excluding carboxylic acids is 1. The Kier molecular flexibility index (Phi) is 8.16. The van der Waals surface area contributed by atoms with E-state index in [2.05, 4.69) is 13.8 Å². The monoisotopic (exact) mass is 244 g/mol. The van der Waals surface area contributed by atoms with Gasteiger partial charge in [-0.05, 0) is 12.8 Å². The van der Waals surface area contributed by atoms with Crippen molar-refractivity contribution in [3.05, 3.63) is 0 Å². The van der Waals surface area contributed by atoms with E-state index in [-0.39, 0.29) is 11.8 Å². The first-order valence-electron chi connectivity index (χ1n) is 6.06. The lowest BCUT2D eigenvalue weighted by atomic mass is 9.97. The van der Waals surface area contributed by atoms with Gasteiger partial charge in [-0.3, -0.25) is 4.79 Å². The highest BCUT2D eigenvalue weighted by atomic mass is 32.1. The standard InChI is InChI=1S/C12H24N2OS/c1-4-6-10(7-5-2)12(15)14(3)9-8-11(13)16/h10H,4-9H2,1-3H3,(H2,13,16). The lowest BCUT2D eigenvalue weighted by molar-refractivity contribution is -0.134. The molecule has 0 aromatic rings. The minimum Gasteiger partial charge on any atom is -0.393 e. The molecule has 0 atom stereocenters. The number of thiocarbonyl (C=S) groups is 1. The molecule has 94 valence electrons. The molecule has 16 heavy (non-hydrogen) atoms. The Bertz CT molecular complexity index is 225. The van der Waals surface area contributed by atoms with Crippen LogP contribution in [0.25, 0.3) is 0 Å². The van der Waals surface area contributed by atoms with Crippen molar-refractivity contribution in [3.63, 3.8) is 0 Å². The van der Waals surface area contributed by atoms with Gasteiger partial charge in [-0.1, -0.05) is 38.9 Å². The second-order valence-electron chi connectivity index (χ2n) is 4.25. The van der Waals surface area contributed by atoms with Gasteiger partial charge in [0, 0.05) is 25.9 Å². The second-order valence-corrected chi connectivity index (χ2v) is 4.77. The maximum Gasteiger partial charge on any atom is 0.225 e. The molecule has 1 amide bonds. The maximum atomic E-state index is 12.1. The molecule has 0 aliphatic rings. The first kappa shape index (κ1) is 15.4. The van der Waals surface area contributed by atoms with Gasteiger partial charge in [0.15, 0.2) is 0 Å². The molecule has 0 aromatic carbocycles. The Morgan fingerprint density at radius 1 is 1.31 bits per heavy atom. The van der Waals surface area contributed by atoms with Gasteiger partial charge >= 0.3 is 0 Å². The Hall–Kier alpha value is -0.640. The molecule has 0 spiro atoms. The van der Waals surface area contributed by atoms with Gasteiger partial charge < -0.3 is 10.6 Å². The summed E-state index contributed by atoms with van der Waals surface area (Å²) in [7, 11) is 1.83. The average molecular weight is 244 g/mol. The topological polar surface area (TPSA) is 46.3 Å². The smallest absolute Gasteiger partial charge is 0.225 e. The zero-order valence-electron chi connectivity index (χ0n) is 10.7. The predicted octanol–water partition coefficient (Wildman–Crippen LogP) is 2.34. The molecule has 4 heteroatoms. The summed E-state index contributed by atoms with van der Waals surface area (Å²) in [5.74, 6) is 0.409. The highest BCUT2D eigenvalue weighted by molar-refractivity contribution is 7.80. The van der Waals surface area contributed by atoms with Crippen LogP contribution in [0.3, 0.4) is 0 Å². The first-order valence-corrected chi connectivity index (χ1v) is 6.47. The van der Waals surface area contributed by atoms with Crippen LogP contribution >= 0.6 is 12.2 Å². The molecule has 3 nitrogen and oxygen atoms in total. The molecule has 0 radical (unpaired) electrons. The molecule has 0 rings (SSSR count). The van der Waals surface area contributed by atoms with E-state index in [9.17, 15) is 4.79 Å². The molecule has 0 heterocycles. The largest absolute Gasteiger partial charge is 0.393 e. The fourth-order valence-corrected chi connectivity index (χ4v) is 1.88. The van der Waals surface area contributed by atoms with E-state index in [1.807, 2.05) is 7.05 Å². The van der Waals surface area contributed by atoms with Crippen molar-refractivity contribution in [3.8, 4) is 0 Å². The van der Waals surface area contributed by atoms with Gasteiger partial charge in [-0.25, -0.2) is 0 Å². The van der Waals surface area contributed by atoms with Gasteiger partial charge in [0.1, 0.15) is 0 Å². The molecule has 0 aromatic heterocycles. The Morgan fingerprint density at radius 2 is 1.81 bits per heavy atom. The number of amides is 1. The minimum atomic E-state index is 0.173. The van der Waals surface area contributed by atoms with Crippen LogP contribution in [0.2, 0.25) is 0 Å². The van der Waals surface area contributed by atoms with Crippen molar-refractivity contribution >= 4 is 23.1 Å². The van der Waals surface area contributed by atoms with E-state index in [0.717, 1.165) is 25.7 Å². The number of hydrogen-bond donors (Lipinski definition) is 1. The average Bonchev–Trinajstić information content (AvgIpc) is 2.24. The highest BCUT2D eigenvalue weighted by Gasteiger charge is 2.20. The summed E-state index contributed by atoms with van der Waals surface area (Å²) in [6, 6.07) is 0. The van der Waals surface area contributed by atoms with Crippen molar-refractivity contribution in [2.75, 3.05) is 13.6 Å².